The van der Waals surface area contributed by atoms with Crippen LogP contribution in [0.1, 0.15) is 70.2 Å². The summed E-state index contributed by atoms with van der Waals surface area (Å²) >= 11 is 0. The van der Waals surface area contributed by atoms with Gasteiger partial charge in [0.1, 0.15) is 11.4 Å². The molecular formula is C18H28N2O3. The SMILES string of the molecule is CC(C)(C)OC(=O)NC1CCC(NC2CCCc3occc32)C1. The third kappa shape index (κ3) is 4.28. The van der Waals surface area contributed by atoms with Crippen molar-refractivity contribution in [1.29, 1.82) is 0 Å². The van der Waals surface area contributed by atoms with E-state index >= 15 is 0 Å². The lowest BCUT2D eigenvalue weighted by atomic mass is 9.92. The van der Waals surface area contributed by atoms with E-state index in [2.05, 4.69) is 16.7 Å². The number of carbonyl (C=O) groups excluding carboxylic acids is 1. The number of nitrogens with one attached hydrogen (secondary N) is 2. The summed E-state index contributed by atoms with van der Waals surface area (Å²) < 4.78 is 10.9. The fourth-order valence-electron chi connectivity index (χ4n) is 3.68. The number of rotatable bonds is 3. The normalized spacial score (nSPS) is 27.5. The molecule has 2 N–H and O–H groups in total. The van der Waals surface area contributed by atoms with Crippen LogP contribution >= 0.6 is 0 Å². The summed E-state index contributed by atoms with van der Waals surface area (Å²) in [4.78, 5) is 11.9. The molecule has 128 valence electrons. The van der Waals surface area contributed by atoms with Gasteiger partial charge in [-0.25, -0.2) is 4.79 Å². The van der Waals surface area contributed by atoms with Crippen molar-refractivity contribution in [2.75, 3.05) is 0 Å². The molecule has 2 aliphatic carbocycles. The molecule has 3 unspecified atom stereocenters. The van der Waals surface area contributed by atoms with Gasteiger partial charge in [-0.05, 0) is 58.9 Å². The number of carbonyl (C=O) groups is 1. The lowest BCUT2D eigenvalue weighted by Crippen LogP contribution is -2.39. The van der Waals surface area contributed by atoms with E-state index in [1.807, 2.05) is 20.8 Å². The first kappa shape index (κ1) is 16.4. The number of hydrogen-bond donors (Lipinski definition) is 2. The van der Waals surface area contributed by atoms with Crippen LogP contribution in [0.2, 0.25) is 0 Å². The maximum absolute atomic E-state index is 11.9. The van der Waals surface area contributed by atoms with Gasteiger partial charge in [-0.3, -0.25) is 0 Å². The third-order valence-electron chi connectivity index (χ3n) is 4.64. The average Bonchev–Trinajstić information content (AvgIpc) is 3.06. The molecule has 0 saturated heterocycles. The van der Waals surface area contributed by atoms with Crippen LogP contribution in [0.5, 0.6) is 0 Å². The van der Waals surface area contributed by atoms with E-state index in [1.54, 1.807) is 6.26 Å². The zero-order valence-corrected chi connectivity index (χ0v) is 14.4. The number of furan rings is 1. The van der Waals surface area contributed by atoms with E-state index in [4.69, 9.17) is 9.15 Å². The highest BCUT2D eigenvalue weighted by atomic mass is 16.6. The first-order valence-electron chi connectivity index (χ1n) is 8.72. The number of alkyl carbamates (subject to hydrolysis) is 1. The van der Waals surface area contributed by atoms with Crippen molar-refractivity contribution in [3.63, 3.8) is 0 Å². The second-order valence-electron chi connectivity index (χ2n) is 7.76. The standard InChI is InChI=1S/C18H28N2O3/c1-18(2,3)23-17(21)20-13-8-7-12(11-13)19-15-5-4-6-16-14(15)9-10-22-16/h9-10,12-13,15,19H,4-8,11H2,1-3H3,(H,20,21). The Balaban J connectivity index is 1.48. The molecule has 1 heterocycles. The minimum absolute atomic E-state index is 0.203. The van der Waals surface area contributed by atoms with Crippen LogP contribution in [0, 0.1) is 0 Å². The second-order valence-corrected chi connectivity index (χ2v) is 7.76. The Bertz CT molecular complexity index is 547. The van der Waals surface area contributed by atoms with Crippen molar-refractivity contribution in [3.8, 4) is 0 Å². The van der Waals surface area contributed by atoms with E-state index in [0.29, 0.717) is 12.1 Å². The first-order valence-corrected chi connectivity index (χ1v) is 8.72. The molecule has 2 aliphatic rings. The molecule has 0 bridgehead atoms. The van der Waals surface area contributed by atoms with Crippen molar-refractivity contribution in [1.82, 2.24) is 10.6 Å². The summed E-state index contributed by atoms with van der Waals surface area (Å²) in [5.74, 6) is 1.13. The van der Waals surface area contributed by atoms with Gasteiger partial charge < -0.3 is 19.8 Å². The largest absolute Gasteiger partial charge is 0.469 e. The number of fused-ring (bicyclic) bond motifs is 1. The Morgan fingerprint density at radius 3 is 2.83 bits per heavy atom. The lowest BCUT2D eigenvalue weighted by molar-refractivity contribution is 0.0505. The van der Waals surface area contributed by atoms with Crippen LogP contribution < -0.4 is 10.6 Å². The van der Waals surface area contributed by atoms with Crippen LogP contribution in [-0.4, -0.2) is 23.8 Å². The van der Waals surface area contributed by atoms with Crippen molar-refractivity contribution >= 4 is 6.09 Å². The van der Waals surface area contributed by atoms with Gasteiger partial charge in [0.05, 0.1) is 6.26 Å². The molecule has 1 aromatic heterocycles. The van der Waals surface area contributed by atoms with E-state index < -0.39 is 5.60 Å². The van der Waals surface area contributed by atoms with E-state index in [-0.39, 0.29) is 12.1 Å². The Morgan fingerprint density at radius 2 is 2.04 bits per heavy atom. The molecule has 1 saturated carbocycles. The van der Waals surface area contributed by atoms with Crippen LogP contribution in [-0.2, 0) is 11.2 Å². The molecule has 3 atom stereocenters. The highest BCUT2D eigenvalue weighted by Crippen LogP contribution is 2.32. The third-order valence-corrected chi connectivity index (χ3v) is 4.64. The minimum atomic E-state index is -0.444. The summed E-state index contributed by atoms with van der Waals surface area (Å²) in [6, 6.07) is 3.13. The van der Waals surface area contributed by atoms with Gasteiger partial charge in [0.25, 0.3) is 0 Å². The summed E-state index contributed by atoms with van der Waals surface area (Å²) in [5, 5.41) is 6.76. The van der Waals surface area contributed by atoms with Gasteiger partial charge in [0.2, 0.25) is 0 Å². The van der Waals surface area contributed by atoms with Gasteiger partial charge in [-0.15, -0.1) is 0 Å². The Labute approximate surface area is 138 Å². The summed E-state index contributed by atoms with van der Waals surface area (Å²) in [6.45, 7) is 5.66. The molecule has 0 aromatic carbocycles. The maximum Gasteiger partial charge on any atom is 0.407 e. The molecule has 1 aromatic rings. The molecule has 0 spiro atoms. The molecule has 5 nitrogen and oxygen atoms in total. The van der Waals surface area contributed by atoms with E-state index in [1.165, 1.54) is 12.0 Å². The molecule has 0 radical (unpaired) electrons. The summed E-state index contributed by atoms with van der Waals surface area (Å²) in [6.07, 6.45) is 7.92. The summed E-state index contributed by atoms with van der Waals surface area (Å²) in [5.41, 5.74) is 0.875. The van der Waals surface area contributed by atoms with Crippen LogP contribution in [0.3, 0.4) is 0 Å². The Kier molecular flexibility index (Phi) is 4.67. The predicted octanol–water partition coefficient (Wildman–Crippen LogP) is 3.69. The first-order chi connectivity index (χ1) is 10.9. The molecule has 1 fully saturated rings. The highest BCUT2D eigenvalue weighted by Gasteiger charge is 2.31. The van der Waals surface area contributed by atoms with Crippen LogP contribution in [0.15, 0.2) is 16.7 Å². The Morgan fingerprint density at radius 1 is 1.26 bits per heavy atom. The highest BCUT2D eigenvalue weighted by molar-refractivity contribution is 5.68. The monoisotopic (exact) mass is 320 g/mol. The molecule has 1 amide bonds. The second kappa shape index (κ2) is 6.56. The predicted molar refractivity (Wildman–Crippen MR) is 88.3 cm³/mol. The minimum Gasteiger partial charge on any atom is -0.469 e. The fourth-order valence-corrected chi connectivity index (χ4v) is 3.68. The topological polar surface area (TPSA) is 63.5 Å². The number of ether oxygens (including phenoxy) is 1. The number of amides is 1. The summed E-state index contributed by atoms with van der Waals surface area (Å²) in [7, 11) is 0. The van der Waals surface area contributed by atoms with E-state index in [0.717, 1.165) is 37.9 Å². The van der Waals surface area contributed by atoms with Crippen molar-refractivity contribution in [3.05, 3.63) is 23.7 Å². The van der Waals surface area contributed by atoms with Gasteiger partial charge >= 0.3 is 6.09 Å². The Hall–Kier alpha value is -1.49. The molecule has 23 heavy (non-hydrogen) atoms. The van der Waals surface area contributed by atoms with Gasteiger partial charge in [0, 0.05) is 30.1 Å². The van der Waals surface area contributed by atoms with E-state index in [9.17, 15) is 4.79 Å². The van der Waals surface area contributed by atoms with Gasteiger partial charge in [-0.1, -0.05) is 0 Å². The average molecular weight is 320 g/mol. The fraction of sp³-hybridized carbons (Fsp3) is 0.722. The van der Waals surface area contributed by atoms with Crippen molar-refractivity contribution < 1.29 is 13.9 Å². The van der Waals surface area contributed by atoms with Gasteiger partial charge in [-0.2, -0.15) is 0 Å². The quantitative estimate of drug-likeness (QED) is 0.891. The zero-order chi connectivity index (χ0) is 16.4. The zero-order valence-electron chi connectivity index (χ0n) is 14.4. The van der Waals surface area contributed by atoms with Gasteiger partial charge in [0.15, 0.2) is 0 Å². The van der Waals surface area contributed by atoms with Crippen molar-refractivity contribution in [2.45, 2.75) is 83.0 Å². The van der Waals surface area contributed by atoms with Crippen molar-refractivity contribution in [2.24, 2.45) is 0 Å². The molecular weight excluding hydrogens is 292 g/mol. The van der Waals surface area contributed by atoms with Crippen LogP contribution in [0.4, 0.5) is 4.79 Å². The molecule has 5 heteroatoms. The molecule has 0 aliphatic heterocycles. The molecule has 3 rings (SSSR count). The van der Waals surface area contributed by atoms with Crippen LogP contribution in [0.25, 0.3) is 0 Å². The number of hydrogen-bond acceptors (Lipinski definition) is 4. The smallest absolute Gasteiger partial charge is 0.407 e. The maximum atomic E-state index is 11.9. The lowest BCUT2D eigenvalue weighted by Gasteiger charge is -2.26. The number of aryl methyl sites for hydroxylation is 1.